The second kappa shape index (κ2) is 7.47. The molecule has 0 spiro atoms. The molecule has 0 aromatic heterocycles. The Bertz CT molecular complexity index is 493. The predicted octanol–water partition coefficient (Wildman–Crippen LogP) is 2.92. The molecule has 3 rings (SSSR count). The molecule has 4 heteroatoms. The highest BCUT2D eigenvalue weighted by molar-refractivity contribution is 5.85. The van der Waals surface area contributed by atoms with Gasteiger partial charge in [-0.25, -0.2) is 0 Å². The van der Waals surface area contributed by atoms with Crippen molar-refractivity contribution in [2.75, 3.05) is 0 Å². The maximum atomic E-state index is 12.3. The van der Waals surface area contributed by atoms with Gasteiger partial charge >= 0.3 is 0 Å². The topological polar surface area (TPSA) is 55.1 Å². The highest BCUT2D eigenvalue weighted by atomic mass is 35.5. The van der Waals surface area contributed by atoms with Gasteiger partial charge in [0.05, 0.1) is 6.04 Å². The van der Waals surface area contributed by atoms with Crippen LogP contribution < -0.4 is 11.1 Å². The molecule has 0 saturated heterocycles. The first kappa shape index (κ1) is 17.3. The van der Waals surface area contributed by atoms with Crippen molar-refractivity contribution in [3.63, 3.8) is 0 Å². The SMILES string of the molecule is CC(NC(=O)[C@@H](N)Cc1ccccc1)C1CC2CCC1C2.Cl. The van der Waals surface area contributed by atoms with Crippen molar-refractivity contribution in [3.05, 3.63) is 35.9 Å². The number of amides is 1. The monoisotopic (exact) mass is 322 g/mol. The van der Waals surface area contributed by atoms with Crippen LogP contribution in [0.25, 0.3) is 0 Å². The summed E-state index contributed by atoms with van der Waals surface area (Å²) in [4.78, 5) is 12.3. The van der Waals surface area contributed by atoms with Crippen LogP contribution in [-0.2, 0) is 11.2 Å². The van der Waals surface area contributed by atoms with E-state index in [1.165, 1.54) is 25.7 Å². The summed E-state index contributed by atoms with van der Waals surface area (Å²) in [5.74, 6) is 2.40. The van der Waals surface area contributed by atoms with E-state index < -0.39 is 6.04 Å². The summed E-state index contributed by atoms with van der Waals surface area (Å²) in [6.07, 6.45) is 6.03. The number of fused-ring (bicyclic) bond motifs is 2. The van der Waals surface area contributed by atoms with Gasteiger partial charge in [-0.2, -0.15) is 0 Å². The molecule has 1 aromatic rings. The van der Waals surface area contributed by atoms with Gasteiger partial charge in [0.25, 0.3) is 0 Å². The molecule has 22 heavy (non-hydrogen) atoms. The lowest BCUT2D eigenvalue weighted by Gasteiger charge is -2.29. The number of hydrogen-bond donors (Lipinski definition) is 2. The van der Waals surface area contributed by atoms with E-state index in [2.05, 4.69) is 12.2 Å². The van der Waals surface area contributed by atoms with Gasteiger partial charge in [-0.1, -0.05) is 36.8 Å². The summed E-state index contributed by atoms with van der Waals surface area (Å²) in [6, 6.07) is 9.80. The van der Waals surface area contributed by atoms with Crippen molar-refractivity contribution in [1.29, 1.82) is 0 Å². The number of halogens is 1. The fraction of sp³-hybridized carbons (Fsp3) is 0.611. The van der Waals surface area contributed by atoms with Gasteiger partial charge in [0.1, 0.15) is 0 Å². The van der Waals surface area contributed by atoms with Gasteiger partial charge in [-0.05, 0) is 55.9 Å². The van der Waals surface area contributed by atoms with Gasteiger partial charge < -0.3 is 11.1 Å². The summed E-state index contributed by atoms with van der Waals surface area (Å²) in [6.45, 7) is 2.15. The number of nitrogens with two attached hydrogens (primary N) is 1. The van der Waals surface area contributed by atoms with Crippen molar-refractivity contribution in [3.8, 4) is 0 Å². The lowest BCUT2D eigenvalue weighted by molar-refractivity contribution is -0.123. The molecule has 3 N–H and O–H groups in total. The minimum atomic E-state index is -0.451. The van der Waals surface area contributed by atoms with Crippen LogP contribution in [0.1, 0.15) is 38.2 Å². The Kier molecular flexibility index (Phi) is 5.87. The molecule has 3 nitrogen and oxygen atoms in total. The fourth-order valence-corrected chi connectivity index (χ4v) is 4.31. The maximum Gasteiger partial charge on any atom is 0.237 e. The maximum absolute atomic E-state index is 12.3. The fourth-order valence-electron chi connectivity index (χ4n) is 4.31. The average Bonchev–Trinajstić information content (AvgIpc) is 3.11. The first-order chi connectivity index (χ1) is 10.1. The van der Waals surface area contributed by atoms with Gasteiger partial charge in [-0.15, -0.1) is 12.4 Å². The van der Waals surface area contributed by atoms with E-state index in [1.54, 1.807) is 0 Å². The first-order valence-electron chi connectivity index (χ1n) is 8.23. The number of benzene rings is 1. The van der Waals surface area contributed by atoms with Crippen LogP contribution in [0.4, 0.5) is 0 Å². The Labute approximate surface area is 139 Å². The third kappa shape index (κ3) is 3.82. The van der Waals surface area contributed by atoms with Crippen molar-refractivity contribution >= 4 is 18.3 Å². The number of nitrogens with one attached hydrogen (secondary N) is 1. The summed E-state index contributed by atoms with van der Waals surface area (Å²) >= 11 is 0. The van der Waals surface area contributed by atoms with E-state index in [0.717, 1.165) is 17.4 Å². The number of carbonyl (C=O) groups is 1. The normalized spacial score (nSPS) is 28.7. The summed E-state index contributed by atoms with van der Waals surface area (Å²) in [7, 11) is 0. The van der Waals surface area contributed by atoms with E-state index >= 15 is 0 Å². The molecule has 2 bridgehead atoms. The summed E-state index contributed by atoms with van der Waals surface area (Å²) in [5, 5.41) is 3.16. The zero-order valence-corrected chi connectivity index (χ0v) is 14.0. The van der Waals surface area contributed by atoms with Crippen LogP contribution in [-0.4, -0.2) is 18.0 Å². The first-order valence-corrected chi connectivity index (χ1v) is 8.23. The van der Waals surface area contributed by atoms with Crippen molar-refractivity contribution < 1.29 is 4.79 Å². The lowest BCUT2D eigenvalue weighted by Crippen LogP contribution is -2.48. The Morgan fingerprint density at radius 1 is 1.27 bits per heavy atom. The van der Waals surface area contributed by atoms with Gasteiger partial charge in [-0.3, -0.25) is 4.79 Å². The van der Waals surface area contributed by atoms with Gasteiger partial charge in [0.15, 0.2) is 0 Å². The Hall–Kier alpha value is -1.06. The molecule has 0 heterocycles. The Balaban J connectivity index is 0.00000176. The largest absolute Gasteiger partial charge is 0.352 e. The number of hydrogen-bond acceptors (Lipinski definition) is 2. The molecule has 2 saturated carbocycles. The number of rotatable bonds is 5. The molecular formula is C18H27ClN2O. The second-order valence-corrected chi connectivity index (χ2v) is 6.93. The van der Waals surface area contributed by atoms with E-state index in [9.17, 15) is 4.79 Å². The predicted molar refractivity (Wildman–Crippen MR) is 91.9 cm³/mol. The molecule has 1 amide bonds. The molecule has 5 atom stereocenters. The van der Waals surface area contributed by atoms with Crippen LogP contribution >= 0.6 is 12.4 Å². The molecule has 0 aliphatic heterocycles. The number of carbonyl (C=O) groups excluding carboxylic acids is 1. The van der Waals surface area contributed by atoms with Crippen LogP contribution in [0.2, 0.25) is 0 Å². The van der Waals surface area contributed by atoms with Gasteiger partial charge in [0.2, 0.25) is 5.91 Å². The lowest BCUT2D eigenvalue weighted by atomic mass is 9.84. The zero-order chi connectivity index (χ0) is 14.8. The zero-order valence-electron chi connectivity index (χ0n) is 13.2. The third-order valence-electron chi connectivity index (χ3n) is 5.44. The van der Waals surface area contributed by atoms with Crippen molar-refractivity contribution in [1.82, 2.24) is 5.32 Å². The Morgan fingerprint density at radius 3 is 2.59 bits per heavy atom. The third-order valence-corrected chi connectivity index (χ3v) is 5.44. The van der Waals surface area contributed by atoms with Crippen LogP contribution in [0.3, 0.4) is 0 Å². The van der Waals surface area contributed by atoms with E-state index in [0.29, 0.717) is 12.3 Å². The Morgan fingerprint density at radius 2 is 2.00 bits per heavy atom. The molecule has 2 fully saturated rings. The highest BCUT2D eigenvalue weighted by Crippen LogP contribution is 2.49. The minimum absolute atomic E-state index is 0. The quantitative estimate of drug-likeness (QED) is 0.875. The standard InChI is InChI=1S/C18H26N2O.ClH/c1-12(16-10-14-7-8-15(16)9-14)20-18(21)17(19)11-13-5-3-2-4-6-13;/h2-6,12,14-17H,7-11,19H2,1H3,(H,20,21);1H/t12?,14?,15?,16?,17-;/m0./s1. The summed E-state index contributed by atoms with van der Waals surface area (Å²) in [5.41, 5.74) is 7.18. The van der Waals surface area contributed by atoms with Crippen LogP contribution in [0, 0.1) is 17.8 Å². The van der Waals surface area contributed by atoms with Crippen LogP contribution in [0.5, 0.6) is 0 Å². The van der Waals surface area contributed by atoms with Crippen molar-refractivity contribution in [2.45, 2.75) is 51.1 Å². The van der Waals surface area contributed by atoms with Crippen molar-refractivity contribution in [2.24, 2.45) is 23.5 Å². The smallest absolute Gasteiger partial charge is 0.237 e. The second-order valence-electron chi connectivity index (χ2n) is 6.93. The molecule has 4 unspecified atom stereocenters. The molecular weight excluding hydrogens is 296 g/mol. The molecule has 0 radical (unpaired) electrons. The molecule has 122 valence electrons. The molecule has 2 aliphatic rings. The van der Waals surface area contributed by atoms with E-state index in [-0.39, 0.29) is 24.4 Å². The van der Waals surface area contributed by atoms with E-state index in [4.69, 9.17) is 5.73 Å². The molecule has 2 aliphatic carbocycles. The van der Waals surface area contributed by atoms with Crippen LogP contribution in [0.15, 0.2) is 30.3 Å². The highest BCUT2D eigenvalue weighted by Gasteiger charge is 2.42. The summed E-state index contributed by atoms with van der Waals surface area (Å²) < 4.78 is 0. The minimum Gasteiger partial charge on any atom is -0.352 e. The molecule has 1 aromatic carbocycles. The average molecular weight is 323 g/mol. The van der Waals surface area contributed by atoms with E-state index in [1.807, 2.05) is 30.3 Å². The van der Waals surface area contributed by atoms with Gasteiger partial charge in [0, 0.05) is 6.04 Å².